The fraction of sp³-hybridized carbons (Fsp3) is 0.688. The molecule has 1 fully saturated rings. The van der Waals surface area contributed by atoms with Crippen LogP contribution in [0.2, 0.25) is 0 Å². The molecular formula is C16H25BrN2. The summed E-state index contributed by atoms with van der Waals surface area (Å²) in [6.45, 7) is 7.85. The SMILES string of the molecule is CC(C)(C)NCC1(Cc2cncc(Br)c2)CCCC1. The molecule has 2 rings (SSSR count). The maximum atomic E-state index is 4.30. The lowest BCUT2D eigenvalue weighted by molar-refractivity contribution is 0.244. The van der Waals surface area contributed by atoms with Gasteiger partial charge in [-0.25, -0.2) is 0 Å². The molecule has 0 atom stereocenters. The Morgan fingerprint density at radius 2 is 1.95 bits per heavy atom. The predicted molar refractivity (Wildman–Crippen MR) is 84.3 cm³/mol. The molecular weight excluding hydrogens is 300 g/mol. The summed E-state index contributed by atoms with van der Waals surface area (Å²) in [6, 6.07) is 2.21. The van der Waals surface area contributed by atoms with Crippen molar-refractivity contribution in [3.63, 3.8) is 0 Å². The highest BCUT2D eigenvalue weighted by atomic mass is 79.9. The highest BCUT2D eigenvalue weighted by Crippen LogP contribution is 2.41. The minimum Gasteiger partial charge on any atom is -0.312 e. The Morgan fingerprint density at radius 1 is 1.26 bits per heavy atom. The number of pyridine rings is 1. The van der Waals surface area contributed by atoms with Gasteiger partial charge in [0.25, 0.3) is 0 Å². The van der Waals surface area contributed by atoms with Crippen molar-refractivity contribution in [2.45, 2.75) is 58.4 Å². The zero-order valence-corrected chi connectivity index (χ0v) is 13.9. The fourth-order valence-corrected chi connectivity index (χ4v) is 3.39. The number of nitrogens with zero attached hydrogens (tertiary/aromatic N) is 1. The predicted octanol–water partition coefficient (Wildman–Crippen LogP) is 4.34. The number of hydrogen-bond acceptors (Lipinski definition) is 2. The van der Waals surface area contributed by atoms with Crippen LogP contribution in [0.15, 0.2) is 22.9 Å². The largest absolute Gasteiger partial charge is 0.312 e. The van der Waals surface area contributed by atoms with Crippen molar-refractivity contribution in [1.82, 2.24) is 10.3 Å². The molecule has 1 N–H and O–H groups in total. The van der Waals surface area contributed by atoms with Gasteiger partial charge in [-0.1, -0.05) is 12.8 Å². The Labute approximate surface area is 125 Å². The molecule has 0 saturated heterocycles. The number of hydrogen-bond donors (Lipinski definition) is 1. The molecule has 1 saturated carbocycles. The van der Waals surface area contributed by atoms with Gasteiger partial charge in [0.05, 0.1) is 0 Å². The smallest absolute Gasteiger partial charge is 0.0410 e. The minimum atomic E-state index is 0.200. The van der Waals surface area contributed by atoms with Gasteiger partial charge in [0.15, 0.2) is 0 Å². The van der Waals surface area contributed by atoms with Crippen molar-refractivity contribution in [3.05, 3.63) is 28.5 Å². The van der Waals surface area contributed by atoms with Crippen molar-refractivity contribution in [2.75, 3.05) is 6.54 Å². The lowest BCUT2D eigenvalue weighted by Gasteiger charge is -2.33. The first-order chi connectivity index (χ1) is 8.89. The van der Waals surface area contributed by atoms with E-state index in [1.165, 1.54) is 31.2 Å². The zero-order chi connectivity index (χ0) is 13.9. The van der Waals surface area contributed by atoms with Crippen LogP contribution in [0.5, 0.6) is 0 Å². The summed E-state index contributed by atoms with van der Waals surface area (Å²) in [5.41, 5.74) is 1.98. The summed E-state index contributed by atoms with van der Waals surface area (Å²) >= 11 is 3.52. The van der Waals surface area contributed by atoms with Crippen LogP contribution in [-0.2, 0) is 6.42 Å². The highest BCUT2D eigenvalue weighted by molar-refractivity contribution is 9.10. The summed E-state index contributed by atoms with van der Waals surface area (Å²) in [4.78, 5) is 4.30. The molecule has 0 bridgehead atoms. The van der Waals surface area contributed by atoms with Crippen molar-refractivity contribution in [1.29, 1.82) is 0 Å². The molecule has 0 aromatic carbocycles. The fourth-order valence-electron chi connectivity index (χ4n) is 2.98. The van der Waals surface area contributed by atoms with Gasteiger partial charge in [0.2, 0.25) is 0 Å². The molecule has 1 aromatic heterocycles. The lowest BCUT2D eigenvalue weighted by Crippen LogP contribution is -2.43. The van der Waals surface area contributed by atoms with Gasteiger partial charge >= 0.3 is 0 Å². The molecule has 3 heteroatoms. The first-order valence-electron chi connectivity index (χ1n) is 7.23. The van der Waals surface area contributed by atoms with Crippen LogP contribution in [0, 0.1) is 5.41 Å². The quantitative estimate of drug-likeness (QED) is 0.891. The van der Waals surface area contributed by atoms with Gasteiger partial charge in [-0.15, -0.1) is 0 Å². The Kier molecular flexibility index (Phi) is 4.67. The third-order valence-electron chi connectivity index (χ3n) is 4.00. The first kappa shape index (κ1) is 15.0. The summed E-state index contributed by atoms with van der Waals surface area (Å²) in [5.74, 6) is 0. The number of halogens is 1. The summed E-state index contributed by atoms with van der Waals surface area (Å²) in [6.07, 6.45) is 10.4. The Balaban J connectivity index is 2.07. The van der Waals surface area contributed by atoms with E-state index in [1.807, 2.05) is 12.4 Å². The van der Waals surface area contributed by atoms with Gasteiger partial charge in [-0.05, 0) is 73.0 Å². The molecule has 0 unspecified atom stereocenters. The molecule has 19 heavy (non-hydrogen) atoms. The van der Waals surface area contributed by atoms with Gasteiger partial charge in [0, 0.05) is 29.0 Å². The molecule has 2 nitrogen and oxygen atoms in total. The monoisotopic (exact) mass is 324 g/mol. The molecule has 0 spiro atoms. The van der Waals surface area contributed by atoms with Crippen molar-refractivity contribution >= 4 is 15.9 Å². The first-order valence-corrected chi connectivity index (χ1v) is 8.02. The van der Waals surface area contributed by atoms with E-state index in [9.17, 15) is 0 Å². The van der Waals surface area contributed by atoms with E-state index in [0.717, 1.165) is 17.4 Å². The third-order valence-corrected chi connectivity index (χ3v) is 4.43. The average Bonchev–Trinajstić information content (AvgIpc) is 2.75. The molecule has 0 radical (unpaired) electrons. The van der Waals surface area contributed by atoms with Gasteiger partial charge in [-0.3, -0.25) is 4.98 Å². The van der Waals surface area contributed by atoms with Crippen LogP contribution in [-0.4, -0.2) is 17.1 Å². The summed E-state index contributed by atoms with van der Waals surface area (Å²) in [5, 5.41) is 3.71. The van der Waals surface area contributed by atoms with E-state index >= 15 is 0 Å². The van der Waals surface area contributed by atoms with Crippen LogP contribution < -0.4 is 5.32 Å². The molecule has 1 aliphatic rings. The molecule has 1 aromatic rings. The zero-order valence-electron chi connectivity index (χ0n) is 12.3. The van der Waals surface area contributed by atoms with Crippen molar-refractivity contribution in [3.8, 4) is 0 Å². The van der Waals surface area contributed by atoms with E-state index in [2.05, 4.69) is 53.1 Å². The summed E-state index contributed by atoms with van der Waals surface area (Å²) < 4.78 is 1.09. The minimum absolute atomic E-state index is 0.200. The van der Waals surface area contributed by atoms with E-state index < -0.39 is 0 Å². The Morgan fingerprint density at radius 3 is 2.53 bits per heavy atom. The molecule has 1 aliphatic carbocycles. The maximum Gasteiger partial charge on any atom is 0.0410 e. The van der Waals surface area contributed by atoms with Gasteiger partial charge in [-0.2, -0.15) is 0 Å². The molecule has 0 amide bonds. The topological polar surface area (TPSA) is 24.9 Å². The molecule has 0 aliphatic heterocycles. The standard InChI is InChI=1S/C16H25BrN2/c1-15(2,3)19-12-16(6-4-5-7-16)9-13-8-14(17)11-18-10-13/h8,10-11,19H,4-7,9,12H2,1-3H3. The highest BCUT2D eigenvalue weighted by Gasteiger charge is 2.34. The molecule has 106 valence electrons. The van der Waals surface area contributed by atoms with E-state index in [4.69, 9.17) is 0 Å². The summed E-state index contributed by atoms with van der Waals surface area (Å²) in [7, 11) is 0. The van der Waals surface area contributed by atoms with Crippen molar-refractivity contribution < 1.29 is 0 Å². The average molecular weight is 325 g/mol. The Hall–Kier alpha value is -0.410. The third kappa shape index (κ3) is 4.57. The number of aromatic nitrogens is 1. The van der Waals surface area contributed by atoms with E-state index in [1.54, 1.807) is 0 Å². The normalized spacial score (nSPS) is 18.7. The van der Waals surface area contributed by atoms with Crippen LogP contribution in [0.1, 0.15) is 52.0 Å². The second-order valence-corrected chi connectivity index (χ2v) is 7.91. The van der Waals surface area contributed by atoms with Crippen LogP contribution in [0.25, 0.3) is 0 Å². The number of nitrogens with one attached hydrogen (secondary N) is 1. The maximum absolute atomic E-state index is 4.30. The Bertz CT molecular complexity index is 417. The molecule has 1 heterocycles. The van der Waals surface area contributed by atoms with Crippen LogP contribution in [0.4, 0.5) is 0 Å². The van der Waals surface area contributed by atoms with Crippen molar-refractivity contribution in [2.24, 2.45) is 5.41 Å². The van der Waals surface area contributed by atoms with Gasteiger partial charge < -0.3 is 5.32 Å². The van der Waals surface area contributed by atoms with E-state index in [-0.39, 0.29) is 5.54 Å². The van der Waals surface area contributed by atoms with Crippen LogP contribution in [0.3, 0.4) is 0 Å². The number of rotatable bonds is 4. The lowest BCUT2D eigenvalue weighted by atomic mass is 9.79. The second-order valence-electron chi connectivity index (χ2n) is 7.00. The van der Waals surface area contributed by atoms with E-state index in [0.29, 0.717) is 5.41 Å². The van der Waals surface area contributed by atoms with Crippen LogP contribution >= 0.6 is 15.9 Å². The van der Waals surface area contributed by atoms with Gasteiger partial charge in [0.1, 0.15) is 0 Å². The second kappa shape index (κ2) is 5.92.